The summed E-state index contributed by atoms with van der Waals surface area (Å²) < 4.78 is 36.1. The fraction of sp³-hybridized carbons (Fsp3) is 0.429. The van der Waals surface area contributed by atoms with E-state index in [9.17, 15) is 18.0 Å². The van der Waals surface area contributed by atoms with Gasteiger partial charge in [0.1, 0.15) is 0 Å². The summed E-state index contributed by atoms with van der Waals surface area (Å²) in [7, 11) is 1.45. The molecule has 10 heteroatoms. The van der Waals surface area contributed by atoms with Gasteiger partial charge in [-0.05, 0) is 24.3 Å². The van der Waals surface area contributed by atoms with E-state index in [1.54, 1.807) is 24.3 Å². The van der Waals surface area contributed by atoms with Crippen LogP contribution in [0.1, 0.15) is 16.8 Å². The lowest BCUT2D eigenvalue weighted by atomic mass is 10.2. The van der Waals surface area contributed by atoms with Crippen molar-refractivity contribution in [3.05, 3.63) is 34.9 Å². The lowest BCUT2D eigenvalue weighted by molar-refractivity contribution is -0.132. The maximum absolute atomic E-state index is 12.0. The summed E-state index contributed by atoms with van der Waals surface area (Å²) in [6.07, 6.45) is -5.15. The molecule has 1 rings (SSSR count). The van der Waals surface area contributed by atoms with Gasteiger partial charge in [0.05, 0.1) is 6.42 Å². The van der Waals surface area contributed by atoms with Gasteiger partial charge in [-0.2, -0.15) is 13.2 Å². The Bertz CT molecular complexity index is 538. The predicted molar refractivity (Wildman–Crippen MR) is 99.2 cm³/mol. The zero-order chi connectivity index (χ0) is 17.3. The van der Waals surface area contributed by atoms with Crippen molar-refractivity contribution in [1.82, 2.24) is 16.0 Å². The molecule has 0 aliphatic carbocycles. The highest BCUT2D eigenvalue weighted by Crippen LogP contribution is 2.17. The fourth-order valence-corrected chi connectivity index (χ4v) is 1.73. The number of amides is 1. The number of nitrogens with one attached hydrogen (secondary N) is 3. The second kappa shape index (κ2) is 11.3. The molecule has 3 N–H and O–H groups in total. The Kier molecular flexibility index (Phi) is 10.8. The average molecular weight is 479 g/mol. The Balaban J connectivity index is 0.00000529. The number of alkyl halides is 3. The van der Waals surface area contributed by atoms with E-state index in [4.69, 9.17) is 11.6 Å². The first-order valence-electron chi connectivity index (χ1n) is 6.87. The second-order valence-corrected chi connectivity index (χ2v) is 4.99. The molecule has 0 radical (unpaired) electrons. The van der Waals surface area contributed by atoms with Crippen LogP contribution in [-0.2, 0) is 0 Å². The second-order valence-electron chi connectivity index (χ2n) is 4.55. The van der Waals surface area contributed by atoms with Crippen LogP contribution in [0.25, 0.3) is 0 Å². The van der Waals surface area contributed by atoms with Gasteiger partial charge in [-0.1, -0.05) is 11.6 Å². The van der Waals surface area contributed by atoms with Crippen molar-refractivity contribution < 1.29 is 18.0 Å². The van der Waals surface area contributed by atoms with Gasteiger partial charge in [-0.15, -0.1) is 24.0 Å². The molecule has 1 aromatic rings. The third-order valence-electron chi connectivity index (χ3n) is 2.73. The molecule has 0 spiro atoms. The number of benzene rings is 1. The molecule has 5 nitrogen and oxygen atoms in total. The molecule has 0 fully saturated rings. The van der Waals surface area contributed by atoms with Gasteiger partial charge in [0.25, 0.3) is 5.91 Å². The van der Waals surface area contributed by atoms with Crippen LogP contribution in [0.15, 0.2) is 29.3 Å². The van der Waals surface area contributed by atoms with Crippen LogP contribution in [0, 0.1) is 0 Å². The molecule has 0 unspecified atom stereocenters. The monoisotopic (exact) mass is 478 g/mol. The summed E-state index contributed by atoms with van der Waals surface area (Å²) in [5.74, 6) is -0.0153. The highest BCUT2D eigenvalue weighted by Gasteiger charge is 2.26. The molecule has 0 aliphatic rings. The molecule has 0 bridgehead atoms. The van der Waals surface area contributed by atoms with Crippen molar-refractivity contribution in [2.45, 2.75) is 12.6 Å². The summed E-state index contributed by atoms with van der Waals surface area (Å²) in [6, 6.07) is 6.42. The van der Waals surface area contributed by atoms with Crippen molar-refractivity contribution in [2.24, 2.45) is 4.99 Å². The molecule has 1 aromatic carbocycles. The van der Waals surface area contributed by atoms with Crippen LogP contribution in [0.3, 0.4) is 0 Å². The number of carbonyl (C=O) groups excluding carboxylic acids is 1. The number of carbonyl (C=O) groups is 1. The minimum Gasteiger partial charge on any atom is -0.356 e. The minimum absolute atomic E-state index is 0. The van der Waals surface area contributed by atoms with E-state index in [2.05, 4.69) is 20.9 Å². The first-order valence-corrected chi connectivity index (χ1v) is 7.24. The van der Waals surface area contributed by atoms with E-state index >= 15 is 0 Å². The van der Waals surface area contributed by atoms with E-state index < -0.39 is 12.6 Å². The molecule has 24 heavy (non-hydrogen) atoms. The van der Waals surface area contributed by atoms with Crippen molar-refractivity contribution in [2.75, 3.05) is 26.7 Å². The first-order chi connectivity index (χ1) is 10.8. The Hall–Kier alpha value is -1.23. The average Bonchev–Trinajstić information content (AvgIpc) is 2.49. The maximum Gasteiger partial charge on any atom is 0.390 e. The highest BCUT2D eigenvalue weighted by atomic mass is 127. The molecule has 136 valence electrons. The summed E-state index contributed by atoms with van der Waals surface area (Å²) in [4.78, 5) is 15.6. The Morgan fingerprint density at radius 2 is 1.62 bits per heavy atom. The van der Waals surface area contributed by atoms with E-state index in [0.717, 1.165) is 0 Å². The van der Waals surface area contributed by atoms with E-state index in [0.29, 0.717) is 23.7 Å². The lowest BCUT2D eigenvalue weighted by Crippen LogP contribution is -2.42. The zero-order valence-electron chi connectivity index (χ0n) is 12.9. The van der Waals surface area contributed by atoms with Crippen molar-refractivity contribution in [1.29, 1.82) is 0 Å². The zero-order valence-corrected chi connectivity index (χ0v) is 16.0. The Morgan fingerprint density at radius 1 is 1.08 bits per heavy atom. The lowest BCUT2D eigenvalue weighted by Gasteiger charge is -2.13. The Morgan fingerprint density at radius 3 is 2.17 bits per heavy atom. The standard InChI is InChI=1S/C14H18ClF3N4O.HI/c1-19-13(21-7-6-14(16,17)18)22-9-8-20-12(23)10-2-4-11(15)5-3-10;/h2-5H,6-9H2,1H3,(H,20,23)(H2,19,21,22);1H. The van der Waals surface area contributed by atoms with E-state index in [1.165, 1.54) is 7.05 Å². The number of nitrogens with zero attached hydrogens (tertiary/aromatic N) is 1. The number of guanidine groups is 1. The van der Waals surface area contributed by atoms with Crippen molar-refractivity contribution in [3.63, 3.8) is 0 Å². The normalized spacial score (nSPS) is 11.5. The van der Waals surface area contributed by atoms with E-state index in [-0.39, 0.29) is 42.4 Å². The highest BCUT2D eigenvalue weighted by molar-refractivity contribution is 14.0. The molecular formula is C14H19ClF3IN4O. The van der Waals surface area contributed by atoms with Gasteiger partial charge < -0.3 is 16.0 Å². The van der Waals surface area contributed by atoms with Gasteiger partial charge >= 0.3 is 6.18 Å². The van der Waals surface area contributed by atoms with Gasteiger partial charge in [0.2, 0.25) is 0 Å². The molecule has 1 amide bonds. The largest absolute Gasteiger partial charge is 0.390 e. The molecular weight excluding hydrogens is 460 g/mol. The van der Waals surface area contributed by atoms with E-state index in [1.807, 2.05) is 0 Å². The number of rotatable bonds is 6. The summed E-state index contributed by atoms with van der Waals surface area (Å²) in [5.41, 5.74) is 0.474. The molecule has 0 heterocycles. The van der Waals surface area contributed by atoms with Crippen LogP contribution >= 0.6 is 35.6 Å². The van der Waals surface area contributed by atoms with Crippen molar-refractivity contribution in [3.8, 4) is 0 Å². The van der Waals surface area contributed by atoms with Crippen molar-refractivity contribution >= 4 is 47.4 Å². The molecule has 0 atom stereocenters. The third kappa shape index (κ3) is 9.81. The molecule has 0 saturated carbocycles. The van der Waals surface area contributed by atoms with Gasteiger partial charge in [0.15, 0.2) is 5.96 Å². The quantitative estimate of drug-likeness (QED) is 0.255. The summed E-state index contributed by atoms with van der Waals surface area (Å²) in [5, 5.41) is 8.56. The topological polar surface area (TPSA) is 65.5 Å². The number of halogens is 5. The molecule has 0 aliphatic heterocycles. The fourth-order valence-electron chi connectivity index (χ4n) is 1.60. The predicted octanol–water partition coefficient (Wildman–Crippen LogP) is 2.81. The van der Waals surface area contributed by atoms with Crippen LogP contribution in [0.2, 0.25) is 5.02 Å². The SMILES string of the molecule is CN=C(NCCNC(=O)c1ccc(Cl)cc1)NCCC(F)(F)F.I. The van der Waals surface area contributed by atoms with Crippen LogP contribution in [0.4, 0.5) is 13.2 Å². The summed E-state index contributed by atoms with van der Waals surface area (Å²) >= 11 is 5.73. The van der Waals surface area contributed by atoms with Gasteiger partial charge in [-0.25, -0.2) is 0 Å². The Labute approximate surface area is 160 Å². The molecule has 0 saturated heterocycles. The minimum atomic E-state index is -4.21. The number of hydrogen-bond acceptors (Lipinski definition) is 2. The van der Waals surface area contributed by atoms with Gasteiger partial charge in [-0.3, -0.25) is 9.79 Å². The van der Waals surface area contributed by atoms with Crippen LogP contribution in [-0.4, -0.2) is 44.7 Å². The third-order valence-corrected chi connectivity index (χ3v) is 2.99. The summed E-state index contributed by atoms with van der Waals surface area (Å²) in [6.45, 7) is 0.354. The smallest absolute Gasteiger partial charge is 0.356 e. The molecule has 0 aromatic heterocycles. The van der Waals surface area contributed by atoms with Crippen LogP contribution < -0.4 is 16.0 Å². The van der Waals surface area contributed by atoms with Crippen LogP contribution in [0.5, 0.6) is 0 Å². The maximum atomic E-state index is 12.0. The number of aliphatic imine (C=N–C) groups is 1. The number of hydrogen-bond donors (Lipinski definition) is 3. The van der Waals surface area contributed by atoms with Gasteiger partial charge in [0, 0.05) is 37.3 Å². The first kappa shape index (κ1) is 22.8.